The van der Waals surface area contributed by atoms with Crippen molar-refractivity contribution in [1.29, 1.82) is 0 Å². The molecule has 0 saturated carbocycles. The average molecular weight is 314 g/mol. The van der Waals surface area contributed by atoms with Gasteiger partial charge in [-0.25, -0.2) is 4.79 Å². The highest BCUT2D eigenvalue weighted by atomic mass is 16.5. The van der Waals surface area contributed by atoms with Gasteiger partial charge in [0.1, 0.15) is 5.75 Å². The van der Waals surface area contributed by atoms with Crippen LogP contribution in [-0.4, -0.2) is 23.6 Å². The first kappa shape index (κ1) is 16.4. The number of hydrogen-bond donors (Lipinski definition) is 3. The van der Waals surface area contributed by atoms with Gasteiger partial charge in [-0.05, 0) is 30.7 Å². The number of nitrogen functional groups attached to an aromatic ring is 1. The zero-order valence-corrected chi connectivity index (χ0v) is 12.5. The van der Waals surface area contributed by atoms with Crippen LogP contribution in [-0.2, 0) is 4.79 Å². The van der Waals surface area contributed by atoms with Gasteiger partial charge >= 0.3 is 5.97 Å². The quantitative estimate of drug-likeness (QED) is 0.539. The van der Waals surface area contributed by atoms with E-state index in [0.717, 1.165) is 0 Å². The third-order valence-corrected chi connectivity index (χ3v) is 3.16. The average Bonchev–Trinajstić information content (AvgIpc) is 2.53. The van der Waals surface area contributed by atoms with Crippen molar-refractivity contribution in [2.75, 3.05) is 17.7 Å². The van der Waals surface area contributed by atoms with Crippen LogP contribution in [0.25, 0.3) is 0 Å². The second kappa shape index (κ2) is 7.84. The Balaban J connectivity index is 1.80. The number of benzene rings is 2. The van der Waals surface area contributed by atoms with E-state index in [4.69, 9.17) is 15.6 Å². The number of carbonyl (C=O) groups is 2. The lowest BCUT2D eigenvalue weighted by molar-refractivity contribution is -0.116. The largest absolute Gasteiger partial charge is 0.491 e. The van der Waals surface area contributed by atoms with E-state index in [0.29, 0.717) is 30.2 Å². The van der Waals surface area contributed by atoms with E-state index < -0.39 is 5.97 Å². The van der Waals surface area contributed by atoms with Gasteiger partial charge < -0.3 is 20.9 Å². The van der Waals surface area contributed by atoms with Crippen molar-refractivity contribution in [3.63, 3.8) is 0 Å². The molecule has 0 aliphatic heterocycles. The maximum Gasteiger partial charge on any atom is 0.337 e. The van der Waals surface area contributed by atoms with Crippen molar-refractivity contribution in [3.8, 4) is 5.75 Å². The summed E-state index contributed by atoms with van der Waals surface area (Å²) < 4.78 is 5.50. The highest BCUT2D eigenvalue weighted by Gasteiger charge is 2.11. The first-order valence-corrected chi connectivity index (χ1v) is 7.17. The number of carbonyl (C=O) groups excluding carboxylic acids is 1. The van der Waals surface area contributed by atoms with Gasteiger partial charge in [-0.1, -0.05) is 24.3 Å². The summed E-state index contributed by atoms with van der Waals surface area (Å²) in [7, 11) is 0. The fourth-order valence-corrected chi connectivity index (χ4v) is 2.02. The molecular formula is C17H18N2O4. The van der Waals surface area contributed by atoms with E-state index in [9.17, 15) is 9.59 Å². The van der Waals surface area contributed by atoms with Gasteiger partial charge in [0.25, 0.3) is 0 Å². The summed E-state index contributed by atoms with van der Waals surface area (Å²) in [5, 5.41) is 11.7. The number of ether oxygens (including phenoxy) is 1. The number of para-hydroxylation sites is 3. The molecule has 0 fully saturated rings. The third kappa shape index (κ3) is 4.74. The summed E-state index contributed by atoms with van der Waals surface area (Å²) in [6, 6.07) is 13.4. The zero-order chi connectivity index (χ0) is 16.7. The van der Waals surface area contributed by atoms with Crippen LogP contribution in [0.1, 0.15) is 23.2 Å². The number of amides is 1. The number of hydrogen-bond acceptors (Lipinski definition) is 4. The normalized spacial score (nSPS) is 10.1. The van der Waals surface area contributed by atoms with Gasteiger partial charge in [-0.2, -0.15) is 0 Å². The topological polar surface area (TPSA) is 102 Å². The second-order valence-electron chi connectivity index (χ2n) is 4.89. The van der Waals surface area contributed by atoms with Gasteiger partial charge in [-0.3, -0.25) is 4.79 Å². The van der Waals surface area contributed by atoms with Crippen LogP contribution in [0.5, 0.6) is 5.75 Å². The molecule has 2 aromatic rings. The second-order valence-corrected chi connectivity index (χ2v) is 4.89. The molecule has 2 rings (SSSR count). The minimum atomic E-state index is -1.08. The molecule has 1 amide bonds. The maximum absolute atomic E-state index is 11.9. The highest BCUT2D eigenvalue weighted by molar-refractivity contribution is 6.00. The van der Waals surface area contributed by atoms with Crippen LogP contribution < -0.4 is 15.8 Å². The van der Waals surface area contributed by atoms with E-state index >= 15 is 0 Å². The lowest BCUT2D eigenvalue weighted by Crippen LogP contribution is -2.15. The number of aromatic carboxylic acids is 1. The van der Waals surface area contributed by atoms with E-state index in [2.05, 4.69) is 5.32 Å². The Kier molecular flexibility index (Phi) is 5.57. The lowest BCUT2D eigenvalue weighted by atomic mass is 10.1. The fourth-order valence-electron chi connectivity index (χ4n) is 2.02. The maximum atomic E-state index is 11.9. The van der Waals surface area contributed by atoms with Gasteiger partial charge in [0.15, 0.2) is 0 Å². The monoisotopic (exact) mass is 314 g/mol. The highest BCUT2D eigenvalue weighted by Crippen LogP contribution is 2.20. The Morgan fingerprint density at radius 1 is 1.09 bits per heavy atom. The van der Waals surface area contributed by atoms with Crippen molar-refractivity contribution in [2.45, 2.75) is 12.8 Å². The number of carboxylic acid groups (broad SMARTS) is 1. The molecule has 0 aliphatic rings. The van der Waals surface area contributed by atoms with Crippen LogP contribution in [0.4, 0.5) is 11.4 Å². The van der Waals surface area contributed by atoms with Crippen LogP contribution >= 0.6 is 0 Å². The summed E-state index contributed by atoms with van der Waals surface area (Å²) in [5.41, 5.74) is 6.65. The van der Waals surface area contributed by atoms with Crippen molar-refractivity contribution in [3.05, 3.63) is 54.1 Å². The summed E-state index contributed by atoms with van der Waals surface area (Å²) >= 11 is 0. The van der Waals surface area contributed by atoms with Crippen LogP contribution in [0.2, 0.25) is 0 Å². The molecule has 0 unspecified atom stereocenters. The fraction of sp³-hybridized carbons (Fsp3) is 0.176. The van der Waals surface area contributed by atoms with Crippen molar-refractivity contribution >= 4 is 23.3 Å². The van der Waals surface area contributed by atoms with E-state index in [-0.39, 0.29) is 17.9 Å². The number of nitrogens with two attached hydrogens (primary N) is 1. The first-order chi connectivity index (χ1) is 11.1. The van der Waals surface area contributed by atoms with Gasteiger partial charge in [0.05, 0.1) is 23.5 Å². The Morgan fingerprint density at radius 3 is 2.52 bits per heavy atom. The van der Waals surface area contributed by atoms with Gasteiger partial charge in [-0.15, -0.1) is 0 Å². The van der Waals surface area contributed by atoms with Crippen LogP contribution in [0.3, 0.4) is 0 Å². The van der Waals surface area contributed by atoms with Gasteiger partial charge in [0, 0.05) is 6.42 Å². The van der Waals surface area contributed by atoms with Crippen molar-refractivity contribution < 1.29 is 19.4 Å². The van der Waals surface area contributed by atoms with Crippen LogP contribution in [0.15, 0.2) is 48.5 Å². The minimum absolute atomic E-state index is 0.0640. The SMILES string of the molecule is Nc1ccccc1OCCCC(=O)Nc1ccccc1C(=O)O. The molecule has 0 atom stereocenters. The molecule has 0 radical (unpaired) electrons. The molecule has 6 heteroatoms. The standard InChI is InChI=1S/C17H18N2O4/c18-13-7-2-4-9-15(13)23-11-5-10-16(20)19-14-8-3-1-6-12(14)17(21)22/h1-4,6-9H,5,10-11,18H2,(H,19,20)(H,21,22). The molecule has 0 aromatic heterocycles. The van der Waals surface area contributed by atoms with E-state index in [1.54, 1.807) is 30.3 Å². The number of carboxylic acids is 1. The van der Waals surface area contributed by atoms with E-state index in [1.165, 1.54) is 6.07 Å². The molecule has 0 aliphatic carbocycles. The molecule has 2 aromatic carbocycles. The molecular weight excluding hydrogens is 296 g/mol. The predicted molar refractivity (Wildman–Crippen MR) is 87.6 cm³/mol. The van der Waals surface area contributed by atoms with E-state index in [1.807, 2.05) is 12.1 Å². The Labute approximate surface area is 133 Å². The molecule has 0 heterocycles. The molecule has 120 valence electrons. The lowest BCUT2D eigenvalue weighted by Gasteiger charge is -2.10. The van der Waals surface area contributed by atoms with Gasteiger partial charge in [0.2, 0.25) is 5.91 Å². The molecule has 4 N–H and O–H groups in total. The van der Waals surface area contributed by atoms with Crippen molar-refractivity contribution in [2.24, 2.45) is 0 Å². The number of anilines is 2. The Morgan fingerprint density at radius 2 is 1.78 bits per heavy atom. The molecule has 6 nitrogen and oxygen atoms in total. The zero-order valence-electron chi connectivity index (χ0n) is 12.5. The molecule has 0 spiro atoms. The summed E-state index contributed by atoms with van der Waals surface area (Å²) in [4.78, 5) is 23.0. The number of rotatable bonds is 7. The Hall–Kier alpha value is -3.02. The number of nitrogens with one attached hydrogen (secondary N) is 1. The summed E-state index contributed by atoms with van der Waals surface area (Å²) in [6.45, 7) is 0.349. The minimum Gasteiger partial charge on any atom is -0.491 e. The van der Waals surface area contributed by atoms with Crippen LogP contribution in [0, 0.1) is 0 Å². The Bertz CT molecular complexity index is 700. The molecule has 23 heavy (non-hydrogen) atoms. The molecule has 0 saturated heterocycles. The summed E-state index contributed by atoms with van der Waals surface area (Å²) in [5.74, 6) is -0.753. The summed E-state index contributed by atoms with van der Waals surface area (Å²) in [6.07, 6.45) is 0.718. The molecule has 0 bridgehead atoms. The smallest absolute Gasteiger partial charge is 0.337 e. The predicted octanol–water partition coefficient (Wildman–Crippen LogP) is 2.76. The first-order valence-electron chi connectivity index (χ1n) is 7.17. The third-order valence-electron chi connectivity index (χ3n) is 3.16. The van der Waals surface area contributed by atoms with Crippen molar-refractivity contribution in [1.82, 2.24) is 0 Å².